The molecule has 7 heteroatoms. The molecule has 0 bridgehead atoms. The topological polar surface area (TPSA) is 48.6 Å². The molecule has 2 aromatic rings. The first-order valence-corrected chi connectivity index (χ1v) is 11.1. The third-order valence-corrected chi connectivity index (χ3v) is 6.71. The van der Waals surface area contributed by atoms with Gasteiger partial charge in [0.25, 0.3) is 5.56 Å². The number of allylic oxidation sites excluding steroid dienone is 4. The summed E-state index contributed by atoms with van der Waals surface area (Å²) in [7, 11) is 0. The van der Waals surface area contributed by atoms with Gasteiger partial charge in [-0.15, -0.1) is 0 Å². The van der Waals surface area contributed by atoms with Gasteiger partial charge in [-0.3, -0.25) is 9.78 Å². The molecule has 0 radical (unpaired) electrons. The first-order chi connectivity index (χ1) is 14.8. The summed E-state index contributed by atoms with van der Waals surface area (Å²) in [6.45, 7) is 0. The second-order valence-electron chi connectivity index (χ2n) is 8.50. The number of aromatic amines is 2. The van der Waals surface area contributed by atoms with E-state index in [0.717, 1.165) is 49.9 Å². The van der Waals surface area contributed by atoms with Crippen LogP contribution in [0.15, 0.2) is 53.4 Å². The zero-order valence-electron chi connectivity index (χ0n) is 17.0. The normalized spacial score (nSPS) is 23.8. The summed E-state index contributed by atoms with van der Waals surface area (Å²) < 4.78 is 39.6. The Kier molecular flexibility index (Phi) is 6.32. The Hall–Kier alpha value is -2.41. The summed E-state index contributed by atoms with van der Waals surface area (Å²) in [5, 5.41) is 0. The van der Waals surface area contributed by atoms with Crippen LogP contribution in [-0.4, -0.2) is 9.97 Å². The minimum absolute atomic E-state index is 0.136. The van der Waals surface area contributed by atoms with Crippen LogP contribution in [0.3, 0.4) is 0 Å². The van der Waals surface area contributed by atoms with Gasteiger partial charge in [0.2, 0.25) is 0 Å². The number of nitrogens with one attached hydrogen (secondary N) is 2. The molecule has 1 aromatic heterocycles. The fourth-order valence-corrected chi connectivity index (χ4v) is 5.10. The van der Waals surface area contributed by atoms with E-state index in [1.165, 1.54) is 6.07 Å². The number of rotatable bonds is 4. The summed E-state index contributed by atoms with van der Waals surface area (Å²) in [5.41, 5.74) is 0.695. The molecule has 4 rings (SSSR count). The van der Waals surface area contributed by atoms with E-state index in [-0.39, 0.29) is 22.7 Å². The molecule has 1 atom stereocenters. The van der Waals surface area contributed by atoms with Gasteiger partial charge in [-0.05, 0) is 73.7 Å². The Morgan fingerprint density at radius 3 is 2.52 bits per heavy atom. The van der Waals surface area contributed by atoms with Gasteiger partial charge in [0.05, 0.1) is 5.56 Å². The summed E-state index contributed by atoms with van der Waals surface area (Å²) in [6, 6.07) is 5.17. The SMILES string of the molecule is O=c1[nH]c(=S)[nH]c(C2CCC(C3C=CC=CC3)CC2)c1Cc1cccc(C(F)(F)F)c1. The molecule has 0 spiro atoms. The van der Waals surface area contributed by atoms with Crippen LogP contribution >= 0.6 is 12.2 Å². The molecular formula is C24H25F3N2OS. The van der Waals surface area contributed by atoms with E-state index < -0.39 is 11.7 Å². The van der Waals surface area contributed by atoms with Gasteiger partial charge in [-0.25, -0.2) is 0 Å². The predicted molar refractivity (Wildman–Crippen MR) is 118 cm³/mol. The van der Waals surface area contributed by atoms with Gasteiger partial charge in [-0.2, -0.15) is 13.2 Å². The summed E-state index contributed by atoms with van der Waals surface area (Å²) in [6.07, 6.45) is 9.46. The maximum Gasteiger partial charge on any atom is 0.416 e. The highest BCUT2D eigenvalue weighted by atomic mass is 32.1. The van der Waals surface area contributed by atoms with Crippen molar-refractivity contribution < 1.29 is 13.2 Å². The minimum atomic E-state index is -4.41. The van der Waals surface area contributed by atoms with Crippen molar-refractivity contribution in [3.8, 4) is 0 Å². The average molecular weight is 447 g/mol. The third-order valence-electron chi connectivity index (χ3n) is 6.51. The molecule has 2 N–H and O–H groups in total. The van der Waals surface area contributed by atoms with Crippen molar-refractivity contribution in [1.82, 2.24) is 9.97 Å². The van der Waals surface area contributed by atoms with Crippen molar-refractivity contribution in [1.29, 1.82) is 0 Å². The van der Waals surface area contributed by atoms with Crippen molar-refractivity contribution in [2.24, 2.45) is 11.8 Å². The predicted octanol–water partition coefficient (Wildman–Crippen LogP) is 6.45. The van der Waals surface area contributed by atoms with E-state index in [1.807, 2.05) is 0 Å². The highest BCUT2D eigenvalue weighted by Crippen LogP contribution is 2.41. The Balaban J connectivity index is 1.57. The largest absolute Gasteiger partial charge is 0.416 e. The molecule has 2 aliphatic carbocycles. The standard InChI is InChI=1S/C24H25F3N2OS/c25-24(26,27)19-8-4-5-15(13-19)14-20-21(28-23(31)29-22(20)30)18-11-9-17(10-12-18)16-6-2-1-3-7-16/h1-6,8,13,16-18H,7,9-12,14H2,(H2,28,29,30,31). The summed E-state index contributed by atoms with van der Waals surface area (Å²) in [5.74, 6) is 1.34. The fourth-order valence-electron chi connectivity index (χ4n) is 4.90. The number of halogens is 3. The molecule has 1 fully saturated rings. The Bertz CT molecular complexity index is 1100. The summed E-state index contributed by atoms with van der Waals surface area (Å²) >= 11 is 5.20. The van der Waals surface area contributed by atoms with Crippen LogP contribution in [0.2, 0.25) is 0 Å². The van der Waals surface area contributed by atoms with E-state index in [4.69, 9.17) is 12.2 Å². The van der Waals surface area contributed by atoms with E-state index >= 15 is 0 Å². The van der Waals surface area contributed by atoms with Crippen LogP contribution in [0.5, 0.6) is 0 Å². The van der Waals surface area contributed by atoms with Gasteiger partial charge >= 0.3 is 6.18 Å². The first kappa shape index (κ1) is 21.8. The minimum Gasteiger partial charge on any atom is -0.335 e. The molecule has 3 nitrogen and oxygen atoms in total. The lowest BCUT2D eigenvalue weighted by molar-refractivity contribution is -0.137. The molecule has 31 heavy (non-hydrogen) atoms. The van der Waals surface area contributed by atoms with E-state index in [1.54, 1.807) is 6.07 Å². The average Bonchev–Trinajstić information content (AvgIpc) is 2.76. The van der Waals surface area contributed by atoms with Gasteiger partial charge in [-0.1, -0.05) is 42.5 Å². The third kappa shape index (κ3) is 5.09. The first-order valence-electron chi connectivity index (χ1n) is 10.7. The number of alkyl halides is 3. The molecule has 1 heterocycles. The van der Waals surface area contributed by atoms with Crippen molar-refractivity contribution in [3.05, 3.63) is 86.1 Å². The fraction of sp³-hybridized carbons (Fsp3) is 0.417. The lowest BCUT2D eigenvalue weighted by Gasteiger charge is -2.33. The highest BCUT2D eigenvalue weighted by Gasteiger charge is 2.31. The molecule has 1 saturated carbocycles. The second kappa shape index (κ2) is 8.99. The van der Waals surface area contributed by atoms with Gasteiger partial charge in [0, 0.05) is 17.7 Å². The quantitative estimate of drug-likeness (QED) is 0.531. The van der Waals surface area contributed by atoms with Crippen LogP contribution in [0.1, 0.15) is 60.4 Å². The van der Waals surface area contributed by atoms with Crippen molar-refractivity contribution in [2.45, 2.75) is 50.6 Å². The molecule has 164 valence electrons. The Morgan fingerprint density at radius 2 is 1.84 bits per heavy atom. The van der Waals surface area contributed by atoms with Crippen molar-refractivity contribution >= 4 is 12.2 Å². The number of H-pyrrole nitrogens is 2. The van der Waals surface area contributed by atoms with Gasteiger partial charge < -0.3 is 4.98 Å². The van der Waals surface area contributed by atoms with Crippen LogP contribution in [-0.2, 0) is 12.6 Å². The number of benzene rings is 1. The molecule has 1 unspecified atom stereocenters. The number of hydrogen-bond donors (Lipinski definition) is 2. The van der Waals surface area contributed by atoms with Gasteiger partial charge in [0.15, 0.2) is 4.77 Å². The van der Waals surface area contributed by atoms with Crippen LogP contribution in [0.4, 0.5) is 13.2 Å². The molecule has 0 amide bonds. The van der Waals surface area contributed by atoms with Crippen LogP contribution < -0.4 is 5.56 Å². The lowest BCUT2D eigenvalue weighted by Crippen LogP contribution is -2.25. The summed E-state index contributed by atoms with van der Waals surface area (Å²) in [4.78, 5) is 18.5. The molecule has 0 aliphatic heterocycles. The Labute approximate surface area is 184 Å². The number of hydrogen-bond acceptors (Lipinski definition) is 2. The monoisotopic (exact) mass is 446 g/mol. The van der Waals surface area contributed by atoms with Crippen molar-refractivity contribution in [2.75, 3.05) is 0 Å². The zero-order chi connectivity index (χ0) is 22.0. The molecule has 2 aliphatic rings. The lowest BCUT2D eigenvalue weighted by atomic mass is 9.72. The van der Waals surface area contributed by atoms with Crippen molar-refractivity contribution in [3.63, 3.8) is 0 Å². The van der Waals surface area contributed by atoms with Gasteiger partial charge in [0.1, 0.15) is 0 Å². The Morgan fingerprint density at radius 1 is 1.06 bits per heavy atom. The highest BCUT2D eigenvalue weighted by molar-refractivity contribution is 7.71. The maximum absolute atomic E-state index is 13.1. The molecular weight excluding hydrogens is 421 g/mol. The maximum atomic E-state index is 13.1. The molecule has 0 saturated heterocycles. The van der Waals surface area contributed by atoms with E-state index in [2.05, 4.69) is 34.3 Å². The number of aromatic nitrogens is 2. The van der Waals surface area contributed by atoms with Crippen LogP contribution in [0, 0.1) is 16.6 Å². The second-order valence-corrected chi connectivity index (χ2v) is 8.91. The molecule has 1 aromatic carbocycles. The zero-order valence-corrected chi connectivity index (χ0v) is 17.9. The van der Waals surface area contributed by atoms with E-state index in [0.29, 0.717) is 23.0 Å². The van der Waals surface area contributed by atoms with Crippen LogP contribution in [0.25, 0.3) is 0 Å². The van der Waals surface area contributed by atoms with E-state index in [9.17, 15) is 18.0 Å². The smallest absolute Gasteiger partial charge is 0.335 e.